The Morgan fingerprint density at radius 1 is 1.11 bits per heavy atom. The zero-order chi connectivity index (χ0) is 14.3. The molecular weight excluding hydrogens is 230 g/mol. The Kier molecular flexibility index (Phi) is 7.15. The quantitative estimate of drug-likeness (QED) is 0.680. The van der Waals surface area contributed by atoms with Crippen molar-refractivity contribution in [2.45, 2.75) is 66.3 Å². The average Bonchev–Trinajstić information content (AvgIpc) is 2.41. The molecule has 0 saturated carbocycles. The summed E-state index contributed by atoms with van der Waals surface area (Å²) in [6, 6.07) is 7.25. The van der Waals surface area contributed by atoms with Crippen molar-refractivity contribution in [3.63, 3.8) is 0 Å². The Morgan fingerprint density at radius 2 is 1.84 bits per heavy atom. The molecule has 1 heteroatoms. The van der Waals surface area contributed by atoms with E-state index < -0.39 is 0 Å². The lowest BCUT2D eigenvalue weighted by Crippen LogP contribution is -2.29. The highest BCUT2D eigenvalue weighted by Crippen LogP contribution is 2.31. The van der Waals surface area contributed by atoms with Crippen LogP contribution in [0.25, 0.3) is 0 Å². The topological polar surface area (TPSA) is 12.0 Å². The van der Waals surface area contributed by atoms with Gasteiger partial charge in [-0.15, -0.1) is 0 Å². The van der Waals surface area contributed by atoms with E-state index >= 15 is 0 Å². The number of benzene rings is 1. The lowest BCUT2D eigenvalue weighted by Gasteiger charge is -2.29. The van der Waals surface area contributed by atoms with Gasteiger partial charge >= 0.3 is 0 Å². The van der Waals surface area contributed by atoms with Gasteiger partial charge in [-0.2, -0.15) is 0 Å². The normalized spacial score (nSPS) is 14.4. The van der Waals surface area contributed by atoms with Crippen LogP contribution in [-0.2, 0) is 0 Å². The number of hydrogen-bond acceptors (Lipinski definition) is 1. The fraction of sp³-hybridized carbons (Fsp3) is 0.667. The molecule has 0 fully saturated rings. The van der Waals surface area contributed by atoms with E-state index in [1.807, 2.05) is 0 Å². The van der Waals surface area contributed by atoms with E-state index in [9.17, 15) is 0 Å². The smallest absolute Gasteiger partial charge is 0.0351 e. The number of unbranched alkanes of at least 4 members (excludes halogenated alkanes) is 1. The van der Waals surface area contributed by atoms with Crippen LogP contribution < -0.4 is 5.32 Å². The molecular formula is C18H31N. The van der Waals surface area contributed by atoms with Gasteiger partial charge in [0.05, 0.1) is 0 Å². The fourth-order valence-electron chi connectivity index (χ4n) is 2.93. The van der Waals surface area contributed by atoms with E-state index in [-0.39, 0.29) is 0 Å². The molecule has 2 atom stereocenters. The van der Waals surface area contributed by atoms with Crippen molar-refractivity contribution in [3.05, 3.63) is 34.9 Å². The predicted octanol–water partition coefficient (Wildman–Crippen LogP) is 5.17. The minimum absolute atomic E-state index is 0.515. The van der Waals surface area contributed by atoms with Gasteiger partial charge in [-0.25, -0.2) is 0 Å². The van der Waals surface area contributed by atoms with Gasteiger partial charge in [0.15, 0.2) is 0 Å². The maximum absolute atomic E-state index is 3.73. The second-order valence-corrected chi connectivity index (χ2v) is 5.64. The first-order chi connectivity index (χ1) is 9.15. The second-order valence-electron chi connectivity index (χ2n) is 5.64. The van der Waals surface area contributed by atoms with E-state index in [0.717, 1.165) is 12.5 Å². The monoisotopic (exact) mass is 261 g/mol. The van der Waals surface area contributed by atoms with Crippen molar-refractivity contribution >= 4 is 0 Å². The maximum Gasteiger partial charge on any atom is 0.0351 e. The molecule has 19 heavy (non-hydrogen) atoms. The summed E-state index contributed by atoms with van der Waals surface area (Å²) in [6.45, 7) is 12.4. The highest BCUT2D eigenvalue weighted by molar-refractivity contribution is 5.35. The van der Waals surface area contributed by atoms with Crippen LogP contribution in [0.4, 0.5) is 0 Å². The van der Waals surface area contributed by atoms with E-state index in [4.69, 9.17) is 0 Å². The molecule has 0 heterocycles. The fourth-order valence-corrected chi connectivity index (χ4v) is 2.93. The lowest BCUT2D eigenvalue weighted by molar-refractivity contribution is 0.327. The molecule has 0 aromatic heterocycles. The first kappa shape index (κ1) is 16.2. The molecule has 1 aromatic rings. The van der Waals surface area contributed by atoms with Gasteiger partial charge in [-0.05, 0) is 49.4 Å². The van der Waals surface area contributed by atoms with E-state index in [1.165, 1.54) is 42.4 Å². The van der Waals surface area contributed by atoms with Gasteiger partial charge in [-0.3, -0.25) is 0 Å². The van der Waals surface area contributed by atoms with Crippen molar-refractivity contribution < 1.29 is 0 Å². The number of hydrogen-bond donors (Lipinski definition) is 1. The Bertz CT molecular complexity index is 370. The maximum atomic E-state index is 3.73. The molecule has 1 N–H and O–H groups in total. The molecule has 0 radical (unpaired) electrons. The number of aryl methyl sites for hydroxylation is 1. The zero-order valence-electron chi connectivity index (χ0n) is 13.4. The summed E-state index contributed by atoms with van der Waals surface area (Å²) < 4.78 is 0. The second kappa shape index (κ2) is 8.37. The minimum Gasteiger partial charge on any atom is -0.310 e. The van der Waals surface area contributed by atoms with Gasteiger partial charge in [0.1, 0.15) is 0 Å². The Hall–Kier alpha value is -0.820. The van der Waals surface area contributed by atoms with Crippen molar-refractivity contribution in [3.8, 4) is 0 Å². The minimum atomic E-state index is 0.515. The van der Waals surface area contributed by atoms with Gasteiger partial charge in [-0.1, -0.05) is 58.2 Å². The largest absolute Gasteiger partial charge is 0.310 e. The first-order valence-electron chi connectivity index (χ1n) is 7.95. The van der Waals surface area contributed by atoms with Gasteiger partial charge in [0.25, 0.3) is 0 Å². The van der Waals surface area contributed by atoms with Gasteiger partial charge in [0.2, 0.25) is 0 Å². The van der Waals surface area contributed by atoms with Crippen LogP contribution in [-0.4, -0.2) is 6.54 Å². The van der Waals surface area contributed by atoms with E-state index in [1.54, 1.807) is 0 Å². The Labute approximate surface area is 119 Å². The molecule has 0 bridgehead atoms. The summed E-state index contributed by atoms with van der Waals surface area (Å²) >= 11 is 0. The molecule has 0 aliphatic heterocycles. The number of rotatable bonds is 8. The van der Waals surface area contributed by atoms with Crippen LogP contribution in [0, 0.1) is 19.8 Å². The molecule has 0 aliphatic carbocycles. The van der Waals surface area contributed by atoms with Crippen LogP contribution >= 0.6 is 0 Å². The summed E-state index contributed by atoms with van der Waals surface area (Å²) in [7, 11) is 0. The first-order valence-corrected chi connectivity index (χ1v) is 7.95. The molecule has 0 spiro atoms. The van der Waals surface area contributed by atoms with E-state index in [0.29, 0.717) is 6.04 Å². The third-order valence-corrected chi connectivity index (χ3v) is 4.33. The Balaban J connectivity index is 3.00. The number of nitrogens with one attached hydrogen (secondary N) is 1. The summed E-state index contributed by atoms with van der Waals surface area (Å²) in [6.07, 6.45) is 5.22. The molecule has 2 unspecified atom stereocenters. The van der Waals surface area contributed by atoms with Crippen LogP contribution in [0.5, 0.6) is 0 Å². The Morgan fingerprint density at radius 3 is 2.42 bits per heavy atom. The molecule has 108 valence electrons. The molecule has 0 aliphatic rings. The van der Waals surface area contributed by atoms with Crippen molar-refractivity contribution in [2.75, 3.05) is 6.54 Å². The van der Waals surface area contributed by atoms with Crippen LogP contribution in [0.1, 0.15) is 69.2 Å². The highest BCUT2D eigenvalue weighted by atomic mass is 14.9. The molecule has 1 nitrogen and oxygen atoms in total. The lowest BCUT2D eigenvalue weighted by atomic mass is 9.84. The molecule has 0 amide bonds. The van der Waals surface area contributed by atoms with Crippen molar-refractivity contribution in [2.24, 2.45) is 5.92 Å². The molecule has 1 aromatic carbocycles. The average molecular weight is 261 g/mol. The SMILES string of the molecule is CCCCC(CC)C(NCC)c1cccc(C)c1C. The van der Waals surface area contributed by atoms with Crippen molar-refractivity contribution in [1.29, 1.82) is 0 Å². The summed E-state index contributed by atoms with van der Waals surface area (Å²) in [4.78, 5) is 0. The van der Waals surface area contributed by atoms with E-state index in [2.05, 4.69) is 58.1 Å². The zero-order valence-corrected chi connectivity index (χ0v) is 13.4. The van der Waals surface area contributed by atoms with Gasteiger partial charge < -0.3 is 5.32 Å². The summed E-state index contributed by atoms with van der Waals surface area (Å²) in [5.74, 6) is 0.750. The third kappa shape index (κ3) is 4.35. The van der Waals surface area contributed by atoms with Crippen molar-refractivity contribution in [1.82, 2.24) is 5.32 Å². The summed E-state index contributed by atoms with van der Waals surface area (Å²) in [5.41, 5.74) is 4.37. The summed E-state index contributed by atoms with van der Waals surface area (Å²) in [5, 5.41) is 3.73. The highest BCUT2D eigenvalue weighted by Gasteiger charge is 2.22. The molecule has 1 rings (SSSR count). The van der Waals surface area contributed by atoms with Crippen LogP contribution in [0.3, 0.4) is 0 Å². The van der Waals surface area contributed by atoms with Gasteiger partial charge in [0, 0.05) is 6.04 Å². The standard InChI is InChI=1S/C18H31N/c1-6-9-12-16(7-2)18(19-8-3)17-13-10-11-14(4)15(17)5/h10-11,13,16,18-19H,6-9,12H2,1-5H3. The van der Waals surface area contributed by atoms with Crippen LogP contribution in [0.15, 0.2) is 18.2 Å². The third-order valence-electron chi connectivity index (χ3n) is 4.33. The van der Waals surface area contributed by atoms with Crippen LogP contribution in [0.2, 0.25) is 0 Å². The molecule has 0 saturated heterocycles. The predicted molar refractivity (Wildman–Crippen MR) is 85.6 cm³/mol.